The van der Waals surface area contributed by atoms with E-state index in [4.69, 9.17) is 5.73 Å². The fourth-order valence-corrected chi connectivity index (χ4v) is 2.26. The summed E-state index contributed by atoms with van der Waals surface area (Å²) in [6.45, 7) is 3.71. The summed E-state index contributed by atoms with van der Waals surface area (Å²) in [4.78, 5) is 6.78. The summed E-state index contributed by atoms with van der Waals surface area (Å²) in [7, 11) is 0. The molecule has 0 spiro atoms. The molecule has 78 valence electrons. The van der Waals surface area contributed by atoms with Crippen LogP contribution in [0, 0.1) is 6.92 Å². The average molecular weight is 212 g/mol. The molecule has 0 saturated heterocycles. The van der Waals surface area contributed by atoms with Crippen LogP contribution in [0.1, 0.15) is 25.1 Å². The molecule has 0 bridgehead atoms. The number of aromatic nitrogens is 2. The number of nitrogens with zero attached hydrogens (tertiary/aromatic N) is 3. The molecule has 0 amide bonds. The maximum absolute atomic E-state index is 5.52. The molecule has 14 heavy (non-hydrogen) atoms. The van der Waals surface area contributed by atoms with Crippen molar-refractivity contribution in [1.82, 2.24) is 9.36 Å². The average Bonchev–Trinajstić information content (AvgIpc) is 2.91. The Morgan fingerprint density at radius 3 is 2.86 bits per heavy atom. The molecule has 1 aliphatic rings. The molecule has 1 saturated carbocycles. The fourth-order valence-electron chi connectivity index (χ4n) is 1.49. The van der Waals surface area contributed by atoms with Gasteiger partial charge in [-0.1, -0.05) is 0 Å². The predicted octanol–water partition coefficient (Wildman–Crippen LogP) is 1.16. The number of rotatable bonds is 5. The lowest BCUT2D eigenvalue weighted by Gasteiger charge is -2.20. The van der Waals surface area contributed by atoms with Gasteiger partial charge in [0.1, 0.15) is 5.82 Å². The highest BCUT2D eigenvalue weighted by Gasteiger charge is 2.30. The van der Waals surface area contributed by atoms with Crippen molar-refractivity contribution in [2.75, 3.05) is 18.0 Å². The number of hydrogen-bond donors (Lipinski definition) is 1. The molecule has 1 fully saturated rings. The van der Waals surface area contributed by atoms with Crippen LogP contribution >= 0.6 is 11.5 Å². The third-order valence-electron chi connectivity index (χ3n) is 2.35. The maximum atomic E-state index is 5.52. The van der Waals surface area contributed by atoms with Gasteiger partial charge in [-0.25, -0.2) is 4.98 Å². The molecular weight excluding hydrogens is 196 g/mol. The number of nitrogens with two attached hydrogens (primary N) is 1. The second-order valence-electron chi connectivity index (χ2n) is 3.69. The molecule has 1 heterocycles. The highest BCUT2D eigenvalue weighted by Crippen LogP contribution is 2.32. The van der Waals surface area contributed by atoms with Gasteiger partial charge < -0.3 is 10.6 Å². The SMILES string of the molecule is Cc1nsc(N(CCCN)C2CC2)n1. The van der Waals surface area contributed by atoms with Gasteiger partial charge in [0.15, 0.2) is 0 Å². The van der Waals surface area contributed by atoms with Crippen LogP contribution in [0.15, 0.2) is 0 Å². The van der Waals surface area contributed by atoms with Crippen molar-refractivity contribution in [3.63, 3.8) is 0 Å². The van der Waals surface area contributed by atoms with Crippen molar-refractivity contribution in [2.24, 2.45) is 5.73 Å². The standard InChI is InChI=1S/C9H16N4S/c1-7-11-9(14-12-7)13(6-2-5-10)8-3-4-8/h8H,2-6,10H2,1H3. The monoisotopic (exact) mass is 212 g/mol. The molecule has 2 rings (SSSR count). The molecule has 0 aliphatic heterocycles. The van der Waals surface area contributed by atoms with E-state index < -0.39 is 0 Å². The summed E-state index contributed by atoms with van der Waals surface area (Å²) in [6, 6.07) is 0.703. The van der Waals surface area contributed by atoms with E-state index in [2.05, 4.69) is 14.3 Å². The van der Waals surface area contributed by atoms with Crippen molar-refractivity contribution in [3.8, 4) is 0 Å². The van der Waals surface area contributed by atoms with Gasteiger partial charge >= 0.3 is 0 Å². The zero-order valence-electron chi connectivity index (χ0n) is 8.44. The molecule has 4 nitrogen and oxygen atoms in total. The van der Waals surface area contributed by atoms with Crippen LogP contribution in [0.3, 0.4) is 0 Å². The quantitative estimate of drug-likeness (QED) is 0.796. The van der Waals surface area contributed by atoms with Crippen LogP contribution in [0.5, 0.6) is 0 Å². The Bertz CT molecular complexity index is 295. The lowest BCUT2D eigenvalue weighted by molar-refractivity contribution is 0.729. The van der Waals surface area contributed by atoms with E-state index in [9.17, 15) is 0 Å². The third kappa shape index (κ3) is 2.22. The number of aryl methyl sites for hydroxylation is 1. The second-order valence-corrected chi connectivity index (χ2v) is 4.42. The van der Waals surface area contributed by atoms with Crippen LogP contribution in [0.25, 0.3) is 0 Å². The first-order valence-electron chi connectivity index (χ1n) is 5.08. The van der Waals surface area contributed by atoms with Crippen LogP contribution in [-0.4, -0.2) is 28.5 Å². The van der Waals surface area contributed by atoms with Gasteiger partial charge in [-0.2, -0.15) is 4.37 Å². The summed E-state index contributed by atoms with van der Waals surface area (Å²) in [5, 5.41) is 1.07. The van der Waals surface area contributed by atoms with E-state index in [1.54, 1.807) is 0 Å². The van der Waals surface area contributed by atoms with Crippen molar-refractivity contribution >= 4 is 16.7 Å². The first-order chi connectivity index (χ1) is 6.81. The normalized spacial score (nSPS) is 15.9. The van der Waals surface area contributed by atoms with Gasteiger partial charge in [-0.15, -0.1) is 0 Å². The van der Waals surface area contributed by atoms with Crippen LogP contribution in [0.2, 0.25) is 0 Å². The third-order valence-corrected chi connectivity index (χ3v) is 3.20. The number of anilines is 1. The summed E-state index contributed by atoms with van der Waals surface area (Å²) >= 11 is 1.50. The minimum Gasteiger partial charge on any atom is -0.344 e. The van der Waals surface area contributed by atoms with E-state index in [-0.39, 0.29) is 0 Å². The van der Waals surface area contributed by atoms with Crippen LogP contribution in [0.4, 0.5) is 5.13 Å². The molecule has 0 aromatic carbocycles. The minimum atomic E-state index is 0.703. The summed E-state index contributed by atoms with van der Waals surface area (Å²) in [6.07, 6.45) is 3.63. The van der Waals surface area contributed by atoms with Gasteiger partial charge in [-0.05, 0) is 32.7 Å². The lowest BCUT2D eigenvalue weighted by Crippen LogP contribution is -2.28. The molecule has 0 atom stereocenters. The topological polar surface area (TPSA) is 55.0 Å². The van der Waals surface area contributed by atoms with Crippen molar-refractivity contribution in [2.45, 2.75) is 32.2 Å². The van der Waals surface area contributed by atoms with Crippen molar-refractivity contribution < 1.29 is 0 Å². The van der Waals surface area contributed by atoms with E-state index in [0.29, 0.717) is 6.04 Å². The Labute approximate surface area is 88.3 Å². The molecule has 0 radical (unpaired) electrons. The zero-order valence-corrected chi connectivity index (χ0v) is 9.26. The maximum Gasteiger partial charge on any atom is 0.205 e. The molecule has 5 heteroatoms. The minimum absolute atomic E-state index is 0.703. The smallest absolute Gasteiger partial charge is 0.205 e. The Balaban J connectivity index is 2.02. The van der Waals surface area contributed by atoms with Crippen LogP contribution in [-0.2, 0) is 0 Å². The Morgan fingerprint density at radius 1 is 1.57 bits per heavy atom. The zero-order chi connectivity index (χ0) is 9.97. The van der Waals surface area contributed by atoms with Gasteiger partial charge in [0.05, 0.1) is 0 Å². The fraction of sp³-hybridized carbons (Fsp3) is 0.778. The summed E-state index contributed by atoms with van der Waals surface area (Å²) in [5.74, 6) is 0.878. The first-order valence-corrected chi connectivity index (χ1v) is 5.85. The molecule has 1 aromatic heterocycles. The number of hydrogen-bond acceptors (Lipinski definition) is 5. The first kappa shape index (κ1) is 9.86. The molecular formula is C9H16N4S. The van der Waals surface area contributed by atoms with E-state index in [1.807, 2.05) is 6.92 Å². The second kappa shape index (κ2) is 4.23. The summed E-state index contributed by atoms with van der Waals surface area (Å²) < 4.78 is 4.21. The highest BCUT2D eigenvalue weighted by atomic mass is 32.1. The molecule has 0 unspecified atom stereocenters. The van der Waals surface area contributed by atoms with Gasteiger partial charge in [0.2, 0.25) is 5.13 Å². The van der Waals surface area contributed by atoms with E-state index in [0.717, 1.165) is 30.5 Å². The molecule has 1 aliphatic carbocycles. The van der Waals surface area contributed by atoms with Gasteiger partial charge in [0.25, 0.3) is 0 Å². The van der Waals surface area contributed by atoms with Gasteiger partial charge in [0, 0.05) is 24.1 Å². The molecule has 2 N–H and O–H groups in total. The van der Waals surface area contributed by atoms with E-state index in [1.165, 1.54) is 24.4 Å². The highest BCUT2D eigenvalue weighted by molar-refractivity contribution is 7.09. The largest absolute Gasteiger partial charge is 0.344 e. The molecule has 1 aromatic rings. The summed E-state index contributed by atoms with van der Waals surface area (Å²) in [5.41, 5.74) is 5.52. The van der Waals surface area contributed by atoms with Crippen LogP contribution < -0.4 is 10.6 Å². The van der Waals surface area contributed by atoms with E-state index >= 15 is 0 Å². The van der Waals surface area contributed by atoms with Crippen molar-refractivity contribution in [1.29, 1.82) is 0 Å². The Morgan fingerprint density at radius 2 is 2.36 bits per heavy atom. The predicted molar refractivity (Wildman–Crippen MR) is 58.7 cm³/mol. The lowest BCUT2D eigenvalue weighted by atomic mass is 10.4. The van der Waals surface area contributed by atoms with Gasteiger partial charge in [-0.3, -0.25) is 0 Å². The Kier molecular flexibility index (Phi) is 2.98. The Hall–Kier alpha value is -0.680. The van der Waals surface area contributed by atoms with Crippen molar-refractivity contribution in [3.05, 3.63) is 5.82 Å².